The maximum absolute atomic E-state index is 14.1. The van der Waals surface area contributed by atoms with Crippen LogP contribution in [-0.2, 0) is 0 Å². The molecule has 0 atom stereocenters. The van der Waals surface area contributed by atoms with Gasteiger partial charge in [-0.25, -0.2) is 4.39 Å². The van der Waals surface area contributed by atoms with Crippen molar-refractivity contribution in [3.63, 3.8) is 0 Å². The fraction of sp³-hybridized carbons (Fsp3) is 0.423. The molecule has 2 rings (SSSR count). The second-order valence-corrected chi connectivity index (χ2v) is 9.03. The third kappa shape index (κ3) is 7.38. The van der Waals surface area contributed by atoms with Crippen LogP contribution in [0.2, 0.25) is 0 Å². The van der Waals surface area contributed by atoms with Crippen LogP contribution in [0.25, 0.3) is 11.1 Å². The number of nitrogens with zero attached hydrogens (tertiary/aromatic N) is 2. The van der Waals surface area contributed by atoms with E-state index in [9.17, 15) is 4.39 Å². The summed E-state index contributed by atoms with van der Waals surface area (Å²) in [6, 6.07) is 7.78. The fourth-order valence-corrected chi connectivity index (χ4v) is 3.62. The molecule has 0 spiro atoms. The maximum Gasteiger partial charge on any atom is 0.130 e. The summed E-state index contributed by atoms with van der Waals surface area (Å²) >= 11 is 0. The summed E-state index contributed by atoms with van der Waals surface area (Å²) in [5, 5.41) is 28.1. The Morgan fingerprint density at radius 3 is 2.50 bits per heavy atom. The largest absolute Gasteiger partial charge is 0.492 e. The van der Waals surface area contributed by atoms with Crippen molar-refractivity contribution in [3.05, 3.63) is 59.1 Å². The lowest BCUT2D eigenvalue weighted by Crippen LogP contribution is -2.33. The molecular weight excluding hydrogens is 431 g/mol. The SMILES string of the molecule is CN/C(C)=C(/CCOc1cc(F)ccc1-c1ccc(=N)n(C(=N)CN(C)C)c1)C(=N)CC(C)C. The summed E-state index contributed by atoms with van der Waals surface area (Å²) in [5.74, 6) is 0.627. The quantitative estimate of drug-likeness (QED) is 0.289. The molecule has 8 heteroatoms. The normalized spacial score (nSPS) is 12.0. The average molecular weight is 469 g/mol. The van der Waals surface area contributed by atoms with E-state index in [2.05, 4.69) is 19.2 Å². The Labute approximate surface area is 201 Å². The first-order chi connectivity index (χ1) is 16.0. The molecule has 184 valence electrons. The van der Waals surface area contributed by atoms with Crippen molar-refractivity contribution in [2.75, 3.05) is 34.3 Å². The molecule has 34 heavy (non-hydrogen) atoms. The summed E-state index contributed by atoms with van der Waals surface area (Å²) in [4.78, 5) is 1.86. The van der Waals surface area contributed by atoms with Gasteiger partial charge in [0.2, 0.25) is 0 Å². The van der Waals surface area contributed by atoms with Gasteiger partial charge in [0.05, 0.1) is 13.2 Å². The van der Waals surface area contributed by atoms with Crippen LogP contribution >= 0.6 is 0 Å². The molecule has 0 bridgehead atoms. The Balaban J connectivity index is 2.32. The van der Waals surface area contributed by atoms with Gasteiger partial charge in [-0.05, 0) is 63.2 Å². The number of pyridine rings is 1. The number of nitrogens with one attached hydrogen (secondary N) is 4. The van der Waals surface area contributed by atoms with Crippen molar-refractivity contribution >= 4 is 11.5 Å². The van der Waals surface area contributed by atoms with Crippen molar-refractivity contribution in [1.82, 2.24) is 14.8 Å². The third-order valence-electron chi connectivity index (χ3n) is 5.37. The number of benzene rings is 1. The monoisotopic (exact) mass is 468 g/mol. The minimum Gasteiger partial charge on any atom is -0.492 e. The van der Waals surface area contributed by atoms with Gasteiger partial charge in [-0.2, -0.15) is 0 Å². The topological polar surface area (TPSA) is 101 Å². The van der Waals surface area contributed by atoms with Crippen molar-refractivity contribution in [2.45, 2.75) is 33.6 Å². The van der Waals surface area contributed by atoms with Crippen LogP contribution in [0.4, 0.5) is 4.39 Å². The summed E-state index contributed by atoms with van der Waals surface area (Å²) in [5.41, 5.74) is 4.02. The van der Waals surface area contributed by atoms with Crippen LogP contribution in [0.3, 0.4) is 0 Å². The third-order valence-corrected chi connectivity index (χ3v) is 5.37. The van der Waals surface area contributed by atoms with Gasteiger partial charge in [0, 0.05) is 48.3 Å². The number of hydrogen-bond donors (Lipinski definition) is 4. The summed E-state index contributed by atoms with van der Waals surface area (Å²) in [6.45, 7) is 6.79. The second-order valence-electron chi connectivity index (χ2n) is 9.03. The van der Waals surface area contributed by atoms with E-state index >= 15 is 0 Å². The van der Waals surface area contributed by atoms with E-state index in [1.807, 2.05) is 33.0 Å². The highest BCUT2D eigenvalue weighted by Gasteiger charge is 2.14. The minimum absolute atomic E-state index is 0.196. The van der Waals surface area contributed by atoms with Gasteiger partial charge in [0.25, 0.3) is 0 Å². The molecule has 0 saturated heterocycles. The Morgan fingerprint density at radius 2 is 1.88 bits per heavy atom. The highest BCUT2D eigenvalue weighted by molar-refractivity contribution is 5.98. The van der Waals surface area contributed by atoms with E-state index in [1.165, 1.54) is 16.7 Å². The number of allylic oxidation sites excluding steroid dienone is 1. The zero-order valence-corrected chi connectivity index (χ0v) is 21.1. The number of halogens is 1. The molecular formula is C26H37FN6O. The highest BCUT2D eigenvalue weighted by atomic mass is 19.1. The summed E-state index contributed by atoms with van der Waals surface area (Å²) in [7, 11) is 5.57. The van der Waals surface area contributed by atoms with Crippen LogP contribution in [-0.4, -0.2) is 55.3 Å². The maximum atomic E-state index is 14.1. The van der Waals surface area contributed by atoms with Crippen LogP contribution in [0, 0.1) is 28.0 Å². The van der Waals surface area contributed by atoms with Gasteiger partial charge in [0.15, 0.2) is 0 Å². The van der Waals surface area contributed by atoms with Crippen LogP contribution in [0.1, 0.15) is 33.6 Å². The van der Waals surface area contributed by atoms with Crippen molar-refractivity contribution < 1.29 is 9.13 Å². The number of likely N-dealkylation sites (N-methyl/N-ethyl adjacent to an activating group) is 1. The fourth-order valence-electron chi connectivity index (χ4n) is 3.62. The van der Waals surface area contributed by atoms with Crippen molar-refractivity contribution in [2.24, 2.45) is 5.92 Å². The van der Waals surface area contributed by atoms with Gasteiger partial charge in [-0.15, -0.1) is 0 Å². The molecule has 0 radical (unpaired) electrons. The molecule has 1 aromatic carbocycles. The van der Waals surface area contributed by atoms with Crippen LogP contribution < -0.4 is 15.5 Å². The van der Waals surface area contributed by atoms with Gasteiger partial charge in [-0.3, -0.25) is 15.4 Å². The standard InChI is InChI=1S/C26H37FN6O/c1-17(2)13-23(28)21(18(3)31-4)11-12-34-24-14-20(27)8-9-22(24)19-7-10-25(29)33(15-19)26(30)16-32(5)6/h7-10,14-15,17,28-31H,11-13,16H2,1-6H3/b21-18-,28-23?,29-25?,30-26?. The highest BCUT2D eigenvalue weighted by Crippen LogP contribution is 2.31. The molecule has 1 heterocycles. The molecule has 0 amide bonds. The van der Waals surface area contributed by atoms with Gasteiger partial charge >= 0.3 is 0 Å². The van der Waals surface area contributed by atoms with Gasteiger partial charge in [0.1, 0.15) is 22.9 Å². The zero-order chi connectivity index (χ0) is 25.4. The lowest BCUT2D eigenvalue weighted by molar-refractivity contribution is 0.322. The van der Waals surface area contributed by atoms with Gasteiger partial charge in [-0.1, -0.05) is 13.8 Å². The molecule has 0 fully saturated rings. The molecule has 4 N–H and O–H groups in total. The first-order valence-electron chi connectivity index (χ1n) is 11.4. The predicted octanol–water partition coefficient (Wildman–Crippen LogP) is 4.49. The Morgan fingerprint density at radius 1 is 1.18 bits per heavy atom. The number of ether oxygens (including phenoxy) is 1. The second kappa shape index (κ2) is 12.3. The first kappa shape index (κ1) is 27.0. The zero-order valence-electron chi connectivity index (χ0n) is 21.1. The van der Waals surface area contributed by atoms with Crippen molar-refractivity contribution in [3.8, 4) is 16.9 Å². The van der Waals surface area contributed by atoms with E-state index in [0.717, 1.165) is 16.8 Å². The van der Waals surface area contributed by atoms with Crippen molar-refractivity contribution in [1.29, 1.82) is 16.2 Å². The lowest BCUT2D eigenvalue weighted by Gasteiger charge is -2.18. The number of rotatable bonds is 11. The van der Waals surface area contributed by atoms with Crippen LogP contribution in [0.15, 0.2) is 47.8 Å². The van der Waals surface area contributed by atoms with E-state index in [-0.39, 0.29) is 17.9 Å². The Hall–Kier alpha value is -3.26. The Bertz CT molecular complexity index is 1120. The van der Waals surface area contributed by atoms with Crippen LogP contribution in [0.5, 0.6) is 5.75 Å². The molecule has 1 aromatic heterocycles. The molecule has 2 aromatic rings. The molecule has 0 aliphatic rings. The summed E-state index contributed by atoms with van der Waals surface area (Å²) in [6.07, 6.45) is 2.91. The van der Waals surface area contributed by atoms with E-state index in [0.29, 0.717) is 42.3 Å². The summed E-state index contributed by atoms with van der Waals surface area (Å²) < 4.78 is 21.6. The number of hydrogen-bond acceptors (Lipinski definition) is 6. The Kier molecular flexibility index (Phi) is 9.74. The smallest absolute Gasteiger partial charge is 0.130 e. The van der Waals surface area contributed by atoms with E-state index in [1.54, 1.807) is 24.4 Å². The average Bonchev–Trinajstić information content (AvgIpc) is 2.75. The minimum atomic E-state index is -0.404. The molecule has 0 aliphatic carbocycles. The lowest BCUT2D eigenvalue weighted by atomic mass is 9.97. The molecule has 7 nitrogen and oxygen atoms in total. The predicted molar refractivity (Wildman–Crippen MR) is 136 cm³/mol. The van der Waals surface area contributed by atoms with E-state index < -0.39 is 5.82 Å². The van der Waals surface area contributed by atoms with Gasteiger partial charge < -0.3 is 20.4 Å². The molecule has 0 unspecified atom stereocenters. The first-order valence-corrected chi connectivity index (χ1v) is 11.4. The number of aromatic nitrogens is 1. The molecule has 0 aliphatic heterocycles. The van der Waals surface area contributed by atoms with E-state index in [4.69, 9.17) is 21.0 Å². The molecule has 0 saturated carbocycles.